The SMILES string of the molecule is CCCCCCCCCCC[C@](CCCCCCCCCCC(=O)O)(C(=O)O)C(=O)NCCOCCOCCOCCOCCOCCOCCOCCOCCOCCOCCOCCOCCC(=O)O. The van der Waals surface area contributed by atoms with E-state index in [-0.39, 0.29) is 32.6 Å². The van der Waals surface area contributed by atoms with Crippen molar-refractivity contribution in [2.75, 3.05) is 165 Å². The number of aliphatic carboxylic acids is 3. The molecule has 0 aromatic heterocycles. The van der Waals surface area contributed by atoms with E-state index in [1.807, 2.05) is 0 Å². The number of hydrogen-bond acceptors (Lipinski definition) is 16. The van der Waals surface area contributed by atoms with Crippen molar-refractivity contribution in [2.45, 2.75) is 142 Å². The third kappa shape index (κ3) is 49.6. The summed E-state index contributed by atoms with van der Waals surface area (Å²) in [6.45, 7) is 12.4. The van der Waals surface area contributed by atoms with Gasteiger partial charge in [0.15, 0.2) is 0 Å². The fraction of sp³-hybridized carbons (Fsp3) is 0.923. The summed E-state index contributed by atoms with van der Waals surface area (Å²) in [5.41, 5.74) is -1.45. The van der Waals surface area contributed by atoms with Crippen molar-refractivity contribution in [3.8, 4) is 0 Å². The summed E-state index contributed by atoms with van der Waals surface area (Å²) in [6.07, 6.45) is 18.0. The van der Waals surface area contributed by atoms with Gasteiger partial charge in [-0.3, -0.25) is 19.2 Å². The molecule has 0 heterocycles. The highest BCUT2D eigenvalue weighted by Gasteiger charge is 2.44. The first-order valence-electron chi connectivity index (χ1n) is 27.1. The summed E-state index contributed by atoms with van der Waals surface area (Å²) in [4.78, 5) is 47.3. The minimum Gasteiger partial charge on any atom is -0.481 e. The van der Waals surface area contributed by atoms with Crippen LogP contribution in [0.3, 0.4) is 0 Å². The summed E-state index contributed by atoms with van der Waals surface area (Å²) < 4.78 is 65.6. The van der Waals surface area contributed by atoms with Crippen LogP contribution in [0.2, 0.25) is 0 Å². The van der Waals surface area contributed by atoms with Gasteiger partial charge in [-0.15, -0.1) is 0 Å². The highest BCUT2D eigenvalue weighted by Crippen LogP contribution is 2.33. The Hall–Kier alpha value is -2.60. The number of carbonyl (C=O) groups is 4. The standard InChI is InChI=1S/C52H99NO19/c1-2-3-4-5-6-8-11-14-17-21-52(51(59)60,22-18-15-12-9-7-10-13-16-19-48(54)55)50(58)53-23-25-62-27-29-64-31-33-66-35-37-68-39-41-70-43-45-72-47-46-71-44-42-69-40-38-67-36-34-65-32-30-63-28-26-61-24-20-49(56)57/h2-47H2,1H3,(H,53,58)(H,54,55)(H,56,57)(H,59,60)/t52-/m1/s1. The van der Waals surface area contributed by atoms with Crippen LogP contribution in [-0.4, -0.2) is 204 Å². The molecule has 72 heavy (non-hydrogen) atoms. The van der Waals surface area contributed by atoms with E-state index in [1.165, 1.54) is 32.1 Å². The summed E-state index contributed by atoms with van der Waals surface area (Å²) in [5.74, 6) is -3.12. The zero-order chi connectivity index (χ0) is 52.5. The zero-order valence-electron chi connectivity index (χ0n) is 44.4. The average molecular weight is 1040 g/mol. The third-order valence-corrected chi connectivity index (χ3v) is 11.4. The van der Waals surface area contributed by atoms with E-state index >= 15 is 0 Å². The van der Waals surface area contributed by atoms with Gasteiger partial charge >= 0.3 is 17.9 Å². The second-order valence-electron chi connectivity index (χ2n) is 17.4. The smallest absolute Gasteiger partial charge is 0.319 e. The first-order valence-corrected chi connectivity index (χ1v) is 27.1. The number of amides is 1. The van der Waals surface area contributed by atoms with Gasteiger partial charge in [0.25, 0.3) is 0 Å². The molecular formula is C52H99NO19. The Morgan fingerprint density at radius 2 is 0.569 bits per heavy atom. The second-order valence-corrected chi connectivity index (χ2v) is 17.4. The molecule has 20 heteroatoms. The Labute approximate surface area is 431 Å². The molecule has 0 aliphatic carbocycles. The van der Waals surface area contributed by atoms with Gasteiger partial charge in [0.05, 0.1) is 165 Å². The number of hydrogen-bond donors (Lipinski definition) is 4. The molecule has 0 saturated carbocycles. The molecule has 0 unspecified atom stereocenters. The first-order chi connectivity index (χ1) is 35.3. The molecule has 1 atom stereocenters. The van der Waals surface area contributed by atoms with Gasteiger partial charge in [-0.2, -0.15) is 0 Å². The molecule has 0 aromatic rings. The molecule has 20 nitrogen and oxygen atoms in total. The summed E-state index contributed by atoms with van der Waals surface area (Å²) >= 11 is 0. The van der Waals surface area contributed by atoms with Gasteiger partial charge in [-0.1, -0.05) is 110 Å². The molecule has 0 aliphatic rings. The molecule has 0 radical (unpaired) electrons. The van der Waals surface area contributed by atoms with Crippen molar-refractivity contribution in [3.05, 3.63) is 0 Å². The number of carboxylic acid groups (broad SMARTS) is 3. The molecule has 1 amide bonds. The van der Waals surface area contributed by atoms with Gasteiger partial charge in [-0.05, 0) is 19.3 Å². The molecule has 0 aliphatic heterocycles. The van der Waals surface area contributed by atoms with Gasteiger partial charge in [0, 0.05) is 13.0 Å². The maximum absolute atomic E-state index is 13.5. The third-order valence-electron chi connectivity index (χ3n) is 11.4. The monoisotopic (exact) mass is 1040 g/mol. The van der Waals surface area contributed by atoms with Crippen molar-refractivity contribution in [1.29, 1.82) is 0 Å². The van der Waals surface area contributed by atoms with Gasteiger partial charge < -0.3 is 77.5 Å². The Bertz CT molecular complexity index is 1200. The Morgan fingerprint density at radius 1 is 0.319 bits per heavy atom. The highest BCUT2D eigenvalue weighted by molar-refractivity contribution is 6.01. The van der Waals surface area contributed by atoms with Crippen molar-refractivity contribution in [1.82, 2.24) is 5.32 Å². The molecule has 0 rings (SSSR count). The molecule has 0 bridgehead atoms. The van der Waals surface area contributed by atoms with Crippen LogP contribution in [0, 0.1) is 5.41 Å². The van der Waals surface area contributed by atoms with Crippen LogP contribution >= 0.6 is 0 Å². The van der Waals surface area contributed by atoms with Crippen molar-refractivity contribution in [2.24, 2.45) is 5.41 Å². The largest absolute Gasteiger partial charge is 0.481 e. The lowest BCUT2D eigenvalue weighted by Gasteiger charge is -2.28. The second kappa shape index (κ2) is 56.1. The Kier molecular flexibility index (Phi) is 54.1. The minimum atomic E-state index is -1.45. The Morgan fingerprint density at radius 3 is 0.847 bits per heavy atom. The highest BCUT2D eigenvalue weighted by atomic mass is 16.6. The van der Waals surface area contributed by atoms with Crippen LogP contribution in [0.5, 0.6) is 0 Å². The minimum absolute atomic E-state index is 0.0137. The van der Waals surface area contributed by atoms with Crippen LogP contribution in [0.15, 0.2) is 0 Å². The van der Waals surface area contributed by atoms with Crippen LogP contribution in [0.1, 0.15) is 142 Å². The van der Waals surface area contributed by atoms with Crippen LogP contribution in [-0.2, 0) is 76.0 Å². The molecule has 4 N–H and O–H groups in total. The lowest BCUT2D eigenvalue weighted by atomic mass is 9.76. The molecule has 0 fully saturated rings. The predicted octanol–water partition coefficient (Wildman–Crippen LogP) is 6.75. The van der Waals surface area contributed by atoms with E-state index in [4.69, 9.17) is 67.1 Å². The normalized spacial score (nSPS) is 12.3. The van der Waals surface area contributed by atoms with E-state index < -0.39 is 29.2 Å². The molecule has 0 aromatic carbocycles. The van der Waals surface area contributed by atoms with Crippen molar-refractivity contribution in [3.63, 3.8) is 0 Å². The van der Waals surface area contributed by atoms with Crippen LogP contribution in [0.25, 0.3) is 0 Å². The molecule has 0 spiro atoms. The number of carbonyl (C=O) groups excluding carboxylic acids is 1. The fourth-order valence-electron chi connectivity index (χ4n) is 7.25. The quantitative estimate of drug-likeness (QED) is 0.0363. The fourth-order valence-corrected chi connectivity index (χ4v) is 7.25. The van der Waals surface area contributed by atoms with Crippen LogP contribution in [0.4, 0.5) is 0 Å². The van der Waals surface area contributed by atoms with E-state index in [9.17, 15) is 24.3 Å². The van der Waals surface area contributed by atoms with Crippen molar-refractivity contribution >= 4 is 23.8 Å². The lowest BCUT2D eigenvalue weighted by Crippen LogP contribution is -2.47. The number of rotatable bonds is 62. The number of unbranched alkanes of at least 4 members (excludes halogenated alkanes) is 15. The Balaban J connectivity index is 3.78. The van der Waals surface area contributed by atoms with E-state index in [0.717, 1.165) is 57.8 Å². The van der Waals surface area contributed by atoms with Gasteiger partial charge in [0.1, 0.15) is 5.41 Å². The predicted molar refractivity (Wildman–Crippen MR) is 271 cm³/mol. The molecule has 0 saturated heterocycles. The molecular weight excluding hydrogens is 943 g/mol. The van der Waals surface area contributed by atoms with Crippen molar-refractivity contribution < 1.29 is 91.3 Å². The van der Waals surface area contributed by atoms with E-state index in [1.54, 1.807) is 0 Å². The van der Waals surface area contributed by atoms with Gasteiger partial charge in [-0.25, -0.2) is 0 Å². The zero-order valence-corrected chi connectivity index (χ0v) is 44.4. The maximum atomic E-state index is 13.5. The van der Waals surface area contributed by atoms with E-state index in [2.05, 4.69) is 12.2 Å². The first kappa shape index (κ1) is 69.4. The maximum Gasteiger partial charge on any atom is 0.319 e. The lowest BCUT2D eigenvalue weighted by molar-refractivity contribution is -0.157. The number of ether oxygens (including phenoxy) is 12. The summed E-state index contributed by atoms with van der Waals surface area (Å²) in [5, 5.41) is 30.6. The number of nitrogens with one attached hydrogen (secondary N) is 1. The number of carboxylic acids is 3. The average Bonchev–Trinajstić information content (AvgIpc) is 3.36. The topological polar surface area (TPSA) is 252 Å². The van der Waals surface area contributed by atoms with Crippen LogP contribution < -0.4 is 5.32 Å². The molecule has 426 valence electrons. The van der Waals surface area contributed by atoms with Gasteiger partial charge in [0.2, 0.25) is 5.91 Å². The van der Waals surface area contributed by atoms with E-state index in [0.29, 0.717) is 177 Å². The summed E-state index contributed by atoms with van der Waals surface area (Å²) in [6, 6.07) is 0. The summed E-state index contributed by atoms with van der Waals surface area (Å²) in [7, 11) is 0.